The molecule has 0 fully saturated rings. The summed E-state index contributed by atoms with van der Waals surface area (Å²) in [4.78, 5) is 13.6. The van der Waals surface area contributed by atoms with Gasteiger partial charge in [0.15, 0.2) is 0 Å². The molecule has 240 valence electrons. The number of carbonyl (C=O) groups is 1. The molecule has 0 spiro atoms. The SMILES string of the molecule is Cc1c(C)n(Cc2ccc(-c3ccccc3S(=O)(=O)NC(C)(C)C)cc2)c2ccc(C(=O)NC(C)c3cccc(C(C)C)c3)cc12. The second-order valence-corrected chi connectivity index (χ2v) is 15.2. The van der Waals surface area contributed by atoms with Gasteiger partial charge in [0.25, 0.3) is 5.91 Å². The Hall–Kier alpha value is -4.20. The first-order valence-corrected chi connectivity index (χ1v) is 17.4. The molecule has 5 rings (SSSR count). The Morgan fingerprint density at radius 3 is 2.17 bits per heavy atom. The van der Waals surface area contributed by atoms with Crippen LogP contribution in [0.25, 0.3) is 22.0 Å². The molecule has 0 aliphatic heterocycles. The molecular formula is C39H45N3O3S. The first-order valence-electron chi connectivity index (χ1n) is 15.9. The Kier molecular flexibility index (Phi) is 9.30. The molecule has 0 saturated carbocycles. The summed E-state index contributed by atoms with van der Waals surface area (Å²) >= 11 is 0. The summed E-state index contributed by atoms with van der Waals surface area (Å²) in [6.07, 6.45) is 0. The molecule has 6 nitrogen and oxygen atoms in total. The van der Waals surface area contributed by atoms with Crippen LogP contribution in [0.3, 0.4) is 0 Å². The molecule has 1 atom stereocenters. The smallest absolute Gasteiger partial charge is 0.251 e. The standard InChI is InChI=1S/C39H45N3O3S/c1-25(2)31-12-11-13-32(22-31)27(4)40-38(43)33-20-21-36-35(23-33)26(3)28(5)42(36)24-29-16-18-30(19-17-29)34-14-9-10-15-37(34)46(44,45)41-39(6,7)8/h9-23,25,27,41H,24H2,1-8H3,(H,40,43). The molecule has 1 amide bonds. The average Bonchev–Trinajstić information content (AvgIpc) is 3.24. The molecule has 0 bridgehead atoms. The van der Waals surface area contributed by atoms with Gasteiger partial charge < -0.3 is 9.88 Å². The number of sulfonamides is 1. The predicted molar refractivity (Wildman–Crippen MR) is 189 cm³/mol. The minimum absolute atomic E-state index is 0.0928. The number of carbonyl (C=O) groups excluding carboxylic acids is 1. The number of amides is 1. The van der Waals surface area contributed by atoms with E-state index < -0.39 is 15.6 Å². The van der Waals surface area contributed by atoms with Crippen molar-refractivity contribution in [2.24, 2.45) is 0 Å². The van der Waals surface area contributed by atoms with Crippen molar-refractivity contribution in [2.75, 3.05) is 0 Å². The Morgan fingerprint density at radius 1 is 0.826 bits per heavy atom. The molecule has 2 N–H and O–H groups in total. The molecule has 5 aromatic rings. The highest BCUT2D eigenvalue weighted by atomic mass is 32.2. The van der Waals surface area contributed by atoms with Gasteiger partial charge in [0, 0.05) is 39.8 Å². The van der Waals surface area contributed by atoms with Gasteiger partial charge in [-0.2, -0.15) is 0 Å². The number of hydrogen-bond donors (Lipinski definition) is 2. The maximum Gasteiger partial charge on any atom is 0.251 e. The van der Waals surface area contributed by atoms with Crippen LogP contribution < -0.4 is 10.0 Å². The first kappa shape index (κ1) is 33.2. The van der Waals surface area contributed by atoms with E-state index in [2.05, 4.69) is 66.6 Å². The van der Waals surface area contributed by atoms with Gasteiger partial charge in [-0.3, -0.25) is 4.79 Å². The van der Waals surface area contributed by atoms with Crippen LogP contribution >= 0.6 is 0 Å². The van der Waals surface area contributed by atoms with Gasteiger partial charge in [-0.15, -0.1) is 0 Å². The van der Waals surface area contributed by atoms with Gasteiger partial charge in [0.05, 0.1) is 10.9 Å². The van der Waals surface area contributed by atoms with Crippen molar-refractivity contribution >= 4 is 26.8 Å². The second kappa shape index (κ2) is 12.9. The first-order chi connectivity index (χ1) is 21.6. The zero-order chi connectivity index (χ0) is 33.4. The summed E-state index contributed by atoms with van der Waals surface area (Å²) in [5.41, 5.74) is 8.35. The number of aryl methyl sites for hydroxylation is 1. The fourth-order valence-electron chi connectivity index (χ4n) is 5.92. The third-order valence-corrected chi connectivity index (χ3v) is 10.4. The average molecular weight is 636 g/mol. The number of hydrogen-bond acceptors (Lipinski definition) is 3. The molecule has 0 saturated heterocycles. The highest BCUT2D eigenvalue weighted by molar-refractivity contribution is 7.89. The van der Waals surface area contributed by atoms with E-state index in [-0.39, 0.29) is 16.8 Å². The van der Waals surface area contributed by atoms with Crippen molar-refractivity contribution in [2.45, 2.75) is 84.3 Å². The number of benzene rings is 4. The van der Waals surface area contributed by atoms with Crippen LogP contribution in [0.5, 0.6) is 0 Å². The number of nitrogens with zero attached hydrogens (tertiary/aromatic N) is 1. The van der Waals surface area contributed by atoms with Gasteiger partial charge in [-0.25, -0.2) is 13.1 Å². The van der Waals surface area contributed by atoms with Crippen LogP contribution in [0.15, 0.2) is 95.9 Å². The summed E-state index contributed by atoms with van der Waals surface area (Å²) in [5, 5.41) is 4.24. The quantitative estimate of drug-likeness (QED) is 0.170. The van der Waals surface area contributed by atoms with Crippen LogP contribution in [0.2, 0.25) is 0 Å². The lowest BCUT2D eigenvalue weighted by Crippen LogP contribution is -2.40. The fraction of sp³-hybridized carbons (Fsp3) is 0.308. The molecular weight excluding hydrogens is 591 g/mol. The second-order valence-electron chi connectivity index (χ2n) is 13.6. The van der Waals surface area contributed by atoms with E-state index in [1.807, 2.05) is 82.3 Å². The van der Waals surface area contributed by atoms with E-state index in [1.54, 1.807) is 12.1 Å². The topological polar surface area (TPSA) is 80.2 Å². The maximum atomic E-state index is 13.3. The van der Waals surface area contributed by atoms with Gasteiger partial charge in [0.2, 0.25) is 10.0 Å². The zero-order valence-electron chi connectivity index (χ0n) is 28.1. The van der Waals surface area contributed by atoms with E-state index in [1.165, 1.54) is 5.56 Å². The van der Waals surface area contributed by atoms with Crippen molar-refractivity contribution in [3.63, 3.8) is 0 Å². The summed E-state index contributed by atoms with van der Waals surface area (Å²) in [7, 11) is -3.70. The predicted octanol–water partition coefficient (Wildman–Crippen LogP) is 8.66. The van der Waals surface area contributed by atoms with Gasteiger partial charge in [-0.1, -0.05) is 80.6 Å². The van der Waals surface area contributed by atoms with Crippen molar-refractivity contribution in [1.82, 2.24) is 14.6 Å². The Balaban J connectivity index is 1.37. The largest absolute Gasteiger partial charge is 0.346 e. The monoisotopic (exact) mass is 635 g/mol. The van der Waals surface area contributed by atoms with Gasteiger partial charge in [-0.05, 0) is 99.5 Å². The Morgan fingerprint density at radius 2 is 1.50 bits per heavy atom. The number of fused-ring (bicyclic) bond motifs is 1. The summed E-state index contributed by atoms with van der Waals surface area (Å²) < 4.78 is 31.4. The molecule has 1 heterocycles. The van der Waals surface area contributed by atoms with E-state index in [0.717, 1.165) is 38.9 Å². The molecule has 1 unspecified atom stereocenters. The molecule has 1 aromatic heterocycles. The number of nitrogens with one attached hydrogen (secondary N) is 2. The lowest BCUT2D eigenvalue weighted by Gasteiger charge is -2.21. The zero-order valence-corrected chi connectivity index (χ0v) is 28.9. The van der Waals surface area contributed by atoms with Crippen molar-refractivity contribution in [1.29, 1.82) is 0 Å². The van der Waals surface area contributed by atoms with Crippen LogP contribution in [0.4, 0.5) is 0 Å². The van der Waals surface area contributed by atoms with Crippen molar-refractivity contribution in [3.05, 3.63) is 125 Å². The molecule has 0 aliphatic rings. The Bertz CT molecular complexity index is 2000. The normalized spacial score (nSPS) is 12.9. The van der Waals surface area contributed by atoms with Gasteiger partial charge >= 0.3 is 0 Å². The molecule has 46 heavy (non-hydrogen) atoms. The van der Waals surface area contributed by atoms with Crippen LogP contribution in [-0.4, -0.2) is 24.4 Å². The van der Waals surface area contributed by atoms with Gasteiger partial charge in [0.1, 0.15) is 0 Å². The summed E-state index contributed by atoms with van der Waals surface area (Å²) in [5.74, 6) is 0.333. The van der Waals surface area contributed by atoms with Crippen LogP contribution in [0, 0.1) is 13.8 Å². The van der Waals surface area contributed by atoms with E-state index in [9.17, 15) is 13.2 Å². The van der Waals surface area contributed by atoms with Crippen molar-refractivity contribution in [3.8, 4) is 11.1 Å². The molecule has 0 radical (unpaired) electrons. The highest BCUT2D eigenvalue weighted by Gasteiger charge is 2.25. The number of aromatic nitrogens is 1. The molecule has 0 aliphatic carbocycles. The van der Waals surface area contributed by atoms with E-state index in [0.29, 0.717) is 23.6 Å². The highest BCUT2D eigenvalue weighted by Crippen LogP contribution is 2.31. The maximum absolute atomic E-state index is 13.3. The molecule has 4 aromatic carbocycles. The number of rotatable bonds is 9. The Labute approximate surface area is 273 Å². The third-order valence-electron chi connectivity index (χ3n) is 8.55. The summed E-state index contributed by atoms with van der Waals surface area (Å²) in [6, 6.07) is 29.4. The third kappa shape index (κ3) is 7.11. The van der Waals surface area contributed by atoms with Crippen LogP contribution in [-0.2, 0) is 16.6 Å². The van der Waals surface area contributed by atoms with E-state index >= 15 is 0 Å². The van der Waals surface area contributed by atoms with Crippen molar-refractivity contribution < 1.29 is 13.2 Å². The minimum atomic E-state index is -3.70. The lowest BCUT2D eigenvalue weighted by molar-refractivity contribution is 0.0940. The van der Waals surface area contributed by atoms with E-state index in [4.69, 9.17) is 0 Å². The van der Waals surface area contributed by atoms with Crippen LogP contribution in [0.1, 0.15) is 91.8 Å². The molecule has 7 heteroatoms. The minimum Gasteiger partial charge on any atom is -0.346 e. The lowest BCUT2D eigenvalue weighted by atomic mass is 9.98. The summed E-state index contributed by atoms with van der Waals surface area (Å²) in [6.45, 7) is 16.7. The fourth-order valence-corrected chi connectivity index (χ4v) is 7.56.